The van der Waals surface area contributed by atoms with E-state index >= 15 is 0 Å². The van der Waals surface area contributed by atoms with Crippen LogP contribution in [0.3, 0.4) is 0 Å². The summed E-state index contributed by atoms with van der Waals surface area (Å²) >= 11 is 1.39. The molecule has 4 aromatic rings. The number of hydrogen-bond donors (Lipinski definition) is 1. The van der Waals surface area contributed by atoms with Gasteiger partial charge in [-0.15, -0.1) is 10.2 Å². The van der Waals surface area contributed by atoms with Gasteiger partial charge in [0.1, 0.15) is 23.5 Å². The van der Waals surface area contributed by atoms with Gasteiger partial charge < -0.3 is 19.4 Å². The lowest BCUT2D eigenvalue weighted by molar-refractivity contribution is -0.116. The van der Waals surface area contributed by atoms with Crippen molar-refractivity contribution in [2.45, 2.75) is 38.5 Å². The molecule has 1 saturated heterocycles. The standard InChI is InChI=1S/C24H24N4O3S/c29-22(25-24-27-26-23(32-24)21-7-4-14-30-21)11-13-28-12-10-18-15-19(8-9-20(18)28)31-16-17-5-2-1-3-6-17/h1-3,5-6,8-10,12,15,21H,4,7,11,13-14,16H2,(H,25,27,29)/t21-/m0/s1. The summed E-state index contributed by atoms with van der Waals surface area (Å²) in [5, 5.41) is 13.5. The maximum Gasteiger partial charge on any atom is 0.227 e. The zero-order chi connectivity index (χ0) is 21.8. The van der Waals surface area contributed by atoms with E-state index in [1.165, 1.54) is 11.3 Å². The van der Waals surface area contributed by atoms with Crippen LogP contribution in [-0.2, 0) is 22.7 Å². The highest BCUT2D eigenvalue weighted by Gasteiger charge is 2.22. The van der Waals surface area contributed by atoms with E-state index in [-0.39, 0.29) is 12.0 Å². The topological polar surface area (TPSA) is 78.3 Å². The molecule has 7 nitrogen and oxygen atoms in total. The van der Waals surface area contributed by atoms with Crippen molar-refractivity contribution in [2.24, 2.45) is 0 Å². The summed E-state index contributed by atoms with van der Waals surface area (Å²) in [4.78, 5) is 12.4. The molecule has 1 aliphatic heterocycles. The fraction of sp³-hybridized carbons (Fsp3) is 0.292. The van der Waals surface area contributed by atoms with Gasteiger partial charge in [0.15, 0.2) is 0 Å². The summed E-state index contributed by atoms with van der Waals surface area (Å²) in [5.74, 6) is 0.750. The first-order chi connectivity index (χ1) is 15.7. The van der Waals surface area contributed by atoms with Crippen LogP contribution in [-0.4, -0.2) is 27.3 Å². The quantitative estimate of drug-likeness (QED) is 0.413. The summed E-state index contributed by atoms with van der Waals surface area (Å²) in [5.41, 5.74) is 2.20. The summed E-state index contributed by atoms with van der Waals surface area (Å²) in [7, 11) is 0. The molecule has 8 heteroatoms. The van der Waals surface area contributed by atoms with Crippen molar-refractivity contribution < 1.29 is 14.3 Å². The molecule has 0 saturated carbocycles. The highest BCUT2D eigenvalue weighted by molar-refractivity contribution is 7.15. The number of hydrogen-bond acceptors (Lipinski definition) is 6. The van der Waals surface area contributed by atoms with Crippen LogP contribution >= 0.6 is 11.3 Å². The summed E-state index contributed by atoms with van der Waals surface area (Å²) in [6.07, 6.45) is 4.37. The Morgan fingerprint density at radius 3 is 2.94 bits per heavy atom. The largest absolute Gasteiger partial charge is 0.489 e. The van der Waals surface area contributed by atoms with Gasteiger partial charge >= 0.3 is 0 Å². The number of aromatic nitrogens is 3. The minimum Gasteiger partial charge on any atom is -0.489 e. The molecule has 1 atom stereocenters. The molecule has 0 bridgehead atoms. The van der Waals surface area contributed by atoms with E-state index in [1.807, 2.05) is 60.8 Å². The Labute approximate surface area is 190 Å². The van der Waals surface area contributed by atoms with Gasteiger partial charge in [0.25, 0.3) is 0 Å². The summed E-state index contributed by atoms with van der Waals surface area (Å²) in [6, 6.07) is 18.2. The third kappa shape index (κ3) is 4.81. The number of carbonyl (C=O) groups excluding carboxylic acids is 1. The molecule has 0 aliphatic carbocycles. The molecule has 2 aromatic heterocycles. The van der Waals surface area contributed by atoms with Crippen LogP contribution in [0.4, 0.5) is 5.13 Å². The van der Waals surface area contributed by atoms with E-state index in [0.29, 0.717) is 24.7 Å². The van der Waals surface area contributed by atoms with Gasteiger partial charge in [-0.25, -0.2) is 0 Å². The molecule has 3 heterocycles. The number of benzene rings is 2. The number of carbonyl (C=O) groups is 1. The minimum absolute atomic E-state index is 0.0194. The molecule has 1 fully saturated rings. The minimum atomic E-state index is -0.0790. The fourth-order valence-electron chi connectivity index (χ4n) is 3.80. The van der Waals surface area contributed by atoms with E-state index in [9.17, 15) is 4.79 Å². The van der Waals surface area contributed by atoms with E-state index in [2.05, 4.69) is 20.1 Å². The average molecular weight is 449 g/mol. The number of ether oxygens (including phenoxy) is 2. The zero-order valence-electron chi connectivity index (χ0n) is 17.6. The van der Waals surface area contributed by atoms with Crippen LogP contribution < -0.4 is 10.1 Å². The first kappa shape index (κ1) is 20.7. The molecular weight excluding hydrogens is 424 g/mol. The number of nitrogens with one attached hydrogen (secondary N) is 1. The van der Waals surface area contributed by atoms with Gasteiger partial charge in [-0.1, -0.05) is 41.7 Å². The molecule has 0 radical (unpaired) electrons. The monoisotopic (exact) mass is 448 g/mol. The molecule has 1 amide bonds. The lowest BCUT2D eigenvalue weighted by Crippen LogP contribution is -2.14. The second-order valence-corrected chi connectivity index (χ2v) is 8.76. The Morgan fingerprint density at radius 2 is 2.09 bits per heavy atom. The lowest BCUT2D eigenvalue weighted by Gasteiger charge is -2.08. The Morgan fingerprint density at radius 1 is 1.19 bits per heavy atom. The van der Waals surface area contributed by atoms with E-state index in [4.69, 9.17) is 9.47 Å². The van der Waals surface area contributed by atoms with Gasteiger partial charge in [-0.05, 0) is 42.7 Å². The van der Waals surface area contributed by atoms with Crippen LogP contribution in [0.15, 0.2) is 60.8 Å². The van der Waals surface area contributed by atoms with Gasteiger partial charge in [0.05, 0.1) is 0 Å². The number of anilines is 1. The fourth-order valence-corrected chi connectivity index (χ4v) is 4.64. The van der Waals surface area contributed by atoms with Crippen molar-refractivity contribution in [1.29, 1.82) is 0 Å². The highest BCUT2D eigenvalue weighted by Crippen LogP contribution is 2.32. The van der Waals surface area contributed by atoms with Crippen LogP contribution in [0.1, 0.15) is 35.9 Å². The molecule has 2 aromatic carbocycles. The molecule has 5 rings (SSSR count). The van der Waals surface area contributed by atoms with Crippen molar-refractivity contribution >= 4 is 33.3 Å². The predicted octanol–water partition coefficient (Wildman–Crippen LogP) is 4.95. The van der Waals surface area contributed by atoms with Crippen molar-refractivity contribution in [3.05, 3.63) is 71.4 Å². The first-order valence-electron chi connectivity index (χ1n) is 10.7. The Kier molecular flexibility index (Phi) is 6.13. The Bertz CT molecular complexity index is 1200. The summed E-state index contributed by atoms with van der Waals surface area (Å²) in [6.45, 7) is 1.88. The molecule has 1 aliphatic rings. The van der Waals surface area contributed by atoms with Gasteiger partial charge in [0.2, 0.25) is 11.0 Å². The molecule has 164 valence electrons. The van der Waals surface area contributed by atoms with Crippen molar-refractivity contribution in [3.63, 3.8) is 0 Å². The van der Waals surface area contributed by atoms with Crippen LogP contribution in [0.5, 0.6) is 5.75 Å². The first-order valence-corrected chi connectivity index (χ1v) is 11.6. The molecule has 0 spiro atoms. The molecule has 0 unspecified atom stereocenters. The van der Waals surface area contributed by atoms with Gasteiger partial charge in [0, 0.05) is 36.7 Å². The number of fused-ring (bicyclic) bond motifs is 1. The van der Waals surface area contributed by atoms with E-state index in [1.54, 1.807) is 0 Å². The maximum absolute atomic E-state index is 12.4. The normalized spacial score (nSPS) is 15.8. The molecule has 1 N–H and O–H groups in total. The highest BCUT2D eigenvalue weighted by atomic mass is 32.1. The van der Waals surface area contributed by atoms with Gasteiger partial charge in [-0.2, -0.15) is 0 Å². The van der Waals surface area contributed by atoms with E-state index < -0.39 is 0 Å². The molecule has 32 heavy (non-hydrogen) atoms. The van der Waals surface area contributed by atoms with Crippen LogP contribution in [0.2, 0.25) is 0 Å². The SMILES string of the molecule is O=C(CCn1ccc2cc(OCc3ccccc3)ccc21)Nc1nnc([C@@H]2CCCO2)s1. The Balaban J connectivity index is 1.16. The average Bonchev–Trinajstić information content (AvgIpc) is 3.57. The third-order valence-corrected chi connectivity index (χ3v) is 6.39. The smallest absolute Gasteiger partial charge is 0.227 e. The number of rotatable bonds is 8. The lowest BCUT2D eigenvalue weighted by atomic mass is 10.2. The van der Waals surface area contributed by atoms with Crippen molar-refractivity contribution in [2.75, 3.05) is 11.9 Å². The maximum atomic E-state index is 12.4. The second kappa shape index (κ2) is 9.50. The van der Waals surface area contributed by atoms with Gasteiger partial charge in [-0.3, -0.25) is 4.79 Å². The molecular formula is C24H24N4O3S. The van der Waals surface area contributed by atoms with Crippen molar-refractivity contribution in [1.82, 2.24) is 14.8 Å². The van der Waals surface area contributed by atoms with Crippen molar-refractivity contribution in [3.8, 4) is 5.75 Å². The van der Waals surface area contributed by atoms with Crippen LogP contribution in [0.25, 0.3) is 10.9 Å². The second-order valence-electron chi connectivity index (χ2n) is 7.75. The Hall–Kier alpha value is -3.23. The number of nitrogens with zero attached hydrogens (tertiary/aromatic N) is 3. The van der Waals surface area contributed by atoms with Crippen LogP contribution in [0, 0.1) is 0 Å². The third-order valence-electron chi connectivity index (χ3n) is 5.46. The van der Waals surface area contributed by atoms with E-state index in [0.717, 1.165) is 46.7 Å². The number of aryl methyl sites for hydroxylation is 1. The number of amides is 1. The summed E-state index contributed by atoms with van der Waals surface area (Å²) < 4.78 is 13.6. The predicted molar refractivity (Wildman–Crippen MR) is 124 cm³/mol. The zero-order valence-corrected chi connectivity index (χ0v) is 18.4.